The number of amidine groups is 1. The maximum atomic E-state index is 12.3. The van der Waals surface area contributed by atoms with Crippen LogP contribution in [0.3, 0.4) is 0 Å². The minimum Gasteiger partial charge on any atom is -0.341 e. The second kappa shape index (κ2) is 6.75. The van der Waals surface area contributed by atoms with Crippen molar-refractivity contribution in [2.45, 2.75) is 24.8 Å². The van der Waals surface area contributed by atoms with Gasteiger partial charge in [-0.1, -0.05) is 56.3 Å². The second-order valence-electron chi connectivity index (χ2n) is 6.15. The highest BCUT2D eigenvalue weighted by Gasteiger charge is 2.25. The number of rotatable bonds is 5. The van der Waals surface area contributed by atoms with Gasteiger partial charge < -0.3 is 10.6 Å². The van der Waals surface area contributed by atoms with Gasteiger partial charge in [0.05, 0.1) is 12.2 Å². The third kappa shape index (κ3) is 3.49. The lowest BCUT2D eigenvalue weighted by Gasteiger charge is -2.25. The molecule has 3 rings (SSSR count). The Labute approximate surface area is 142 Å². The summed E-state index contributed by atoms with van der Waals surface area (Å²) < 4.78 is 28.4. The molecule has 5 nitrogen and oxygen atoms in total. The maximum absolute atomic E-state index is 12.3. The predicted octanol–water partition coefficient (Wildman–Crippen LogP) is 3.19. The van der Waals surface area contributed by atoms with Crippen molar-refractivity contribution in [1.82, 2.24) is 5.32 Å². The fourth-order valence-electron chi connectivity index (χ4n) is 2.85. The zero-order chi connectivity index (χ0) is 17.2. The van der Waals surface area contributed by atoms with E-state index in [0.717, 1.165) is 0 Å². The average Bonchev–Trinajstić information content (AvgIpc) is 2.55. The zero-order valence-corrected chi connectivity index (χ0v) is 14.5. The summed E-state index contributed by atoms with van der Waals surface area (Å²) in [4.78, 5) is 0.220. The molecule has 2 aromatic carbocycles. The number of nitrogens with one attached hydrogen (secondary N) is 2. The summed E-state index contributed by atoms with van der Waals surface area (Å²) in [5, 5.41) is 6.52. The normalized spacial score (nSPS) is 16.9. The number of hydrogen-bond acceptors (Lipinski definition) is 4. The SMILES string of the molecule is CC(C)C(NCC1=NS(=O)(=O)c2ccccc2N1)c1ccccc1. The van der Waals surface area contributed by atoms with Gasteiger partial charge in [0.2, 0.25) is 0 Å². The molecule has 2 N–H and O–H groups in total. The van der Waals surface area contributed by atoms with Crippen LogP contribution in [0.1, 0.15) is 25.5 Å². The lowest BCUT2D eigenvalue weighted by Crippen LogP contribution is -2.35. The first-order valence-electron chi connectivity index (χ1n) is 7.95. The molecule has 126 valence electrons. The molecule has 0 bridgehead atoms. The quantitative estimate of drug-likeness (QED) is 0.875. The highest BCUT2D eigenvalue weighted by molar-refractivity contribution is 7.90. The highest BCUT2D eigenvalue weighted by Crippen LogP contribution is 2.27. The first-order valence-corrected chi connectivity index (χ1v) is 9.39. The monoisotopic (exact) mass is 343 g/mol. The number of anilines is 1. The van der Waals surface area contributed by atoms with Gasteiger partial charge in [-0.05, 0) is 23.6 Å². The first kappa shape index (κ1) is 16.7. The van der Waals surface area contributed by atoms with Gasteiger partial charge >= 0.3 is 0 Å². The minimum atomic E-state index is -3.64. The van der Waals surface area contributed by atoms with E-state index in [1.165, 1.54) is 5.56 Å². The summed E-state index contributed by atoms with van der Waals surface area (Å²) in [5.41, 5.74) is 1.75. The summed E-state index contributed by atoms with van der Waals surface area (Å²) in [6, 6.07) is 17.1. The van der Waals surface area contributed by atoms with E-state index in [0.29, 0.717) is 24.0 Å². The van der Waals surface area contributed by atoms with Crippen LogP contribution in [0.25, 0.3) is 0 Å². The molecule has 0 amide bonds. The van der Waals surface area contributed by atoms with Crippen molar-refractivity contribution in [3.63, 3.8) is 0 Å². The Morgan fingerprint density at radius 1 is 1.04 bits per heavy atom. The van der Waals surface area contributed by atoms with E-state index < -0.39 is 10.0 Å². The summed E-state index contributed by atoms with van der Waals surface area (Å²) in [7, 11) is -3.64. The van der Waals surface area contributed by atoms with Crippen LogP contribution in [0.4, 0.5) is 5.69 Å². The number of nitrogens with zero attached hydrogens (tertiary/aromatic N) is 1. The molecular formula is C18H21N3O2S. The summed E-state index contributed by atoms with van der Waals surface area (Å²) in [5.74, 6) is 0.774. The molecule has 0 radical (unpaired) electrons. The lowest BCUT2D eigenvalue weighted by atomic mass is 9.96. The Kier molecular flexibility index (Phi) is 4.69. The Hall–Kier alpha value is -2.18. The molecule has 24 heavy (non-hydrogen) atoms. The number of fused-ring (bicyclic) bond motifs is 1. The second-order valence-corrected chi connectivity index (χ2v) is 7.72. The number of hydrogen-bond donors (Lipinski definition) is 2. The molecule has 1 aliphatic rings. The molecule has 1 atom stereocenters. The Bertz CT molecular complexity index is 846. The van der Waals surface area contributed by atoms with Crippen LogP contribution in [-0.2, 0) is 10.0 Å². The van der Waals surface area contributed by atoms with Crippen molar-refractivity contribution in [1.29, 1.82) is 0 Å². The van der Waals surface area contributed by atoms with Crippen LogP contribution in [0.15, 0.2) is 63.9 Å². The van der Waals surface area contributed by atoms with Gasteiger partial charge in [-0.15, -0.1) is 4.40 Å². The zero-order valence-electron chi connectivity index (χ0n) is 13.7. The van der Waals surface area contributed by atoms with Crippen molar-refractivity contribution < 1.29 is 8.42 Å². The van der Waals surface area contributed by atoms with Crippen LogP contribution in [0.2, 0.25) is 0 Å². The van der Waals surface area contributed by atoms with Crippen LogP contribution in [0.5, 0.6) is 0 Å². The van der Waals surface area contributed by atoms with E-state index in [2.05, 4.69) is 41.0 Å². The smallest absolute Gasteiger partial charge is 0.286 e. The number of benzene rings is 2. The first-order chi connectivity index (χ1) is 11.5. The van der Waals surface area contributed by atoms with Crippen molar-refractivity contribution in [3.05, 3.63) is 60.2 Å². The highest BCUT2D eigenvalue weighted by atomic mass is 32.2. The molecular weight excluding hydrogens is 322 g/mol. The lowest BCUT2D eigenvalue weighted by molar-refractivity contribution is 0.433. The Balaban J connectivity index is 1.78. The minimum absolute atomic E-state index is 0.121. The largest absolute Gasteiger partial charge is 0.341 e. The van der Waals surface area contributed by atoms with Gasteiger partial charge in [0, 0.05) is 6.04 Å². The van der Waals surface area contributed by atoms with Gasteiger partial charge in [-0.25, -0.2) is 0 Å². The molecule has 1 unspecified atom stereocenters. The van der Waals surface area contributed by atoms with Crippen molar-refractivity contribution in [2.75, 3.05) is 11.9 Å². The molecule has 1 aliphatic heterocycles. The standard InChI is InChI=1S/C18H21N3O2S/c1-13(2)18(14-8-4-3-5-9-14)19-12-17-20-15-10-6-7-11-16(15)24(22,23)21-17/h3-11,13,18-19H,12H2,1-2H3,(H,20,21). The van der Waals surface area contributed by atoms with E-state index in [4.69, 9.17) is 0 Å². The maximum Gasteiger partial charge on any atom is 0.286 e. The van der Waals surface area contributed by atoms with Crippen LogP contribution < -0.4 is 10.6 Å². The van der Waals surface area contributed by atoms with E-state index in [1.807, 2.05) is 18.2 Å². The predicted molar refractivity (Wildman–Crippen MR) is 96.7 cm³/mol. The third-order valence-electron chi connectivity index (χ3n) is 3.99. The van der Waals surface area contributed by atoms with Crippen LogP contribution in [-0.4, -0.2) is 20.8 Å². The van der Waals surface area contributed by atoms with E-state index >= 15 is 0 Å². The summed E-state index contributed by atoms with van der Waals surface area (Å²) >= 11 is 0. The molecule has 0 spiro atoms. The summed E-state index contributed by atoms with van der Waals surface area (Å²) in [6.45, 7) is 4.62. The molecule has 0 aromatic heterocycles. The van der Waals surface area contributed by atoms with Crippen LogP contribution >= 0.6 is 0 Å². The molecule has 0 aliphatic carbocycles. The molecule has 0 saturated heterocycles. The molecule has 0 saturated carbocycles. The van der Waals surface area contributed by atoms with Crippen LogP contribution in [0, 0.1) is 5.92 Å². The molecule has 2 aromatic rings. The fraction of sp³-hybridized carbons (Fsp3) is 0.278. The van der Waals surface area contributed by atoms with Crippen molar-refractivity contribution >= 4 is 21.5 Å². The number of para-hydroxylation sites is 1. The molecule has 1 heterocycles. The van der Waals surface area contributed by atoms with E-state index in [9.17, 15) is 8.42 Å². The topological polar surface area (TPSA) is 70.6 Å². The van der Waals surface area contributed by atoms with Gasteiger partial charge in [-0.3, -0.25) is 0 Å². The number of sulfonamides is 1. The van der Waals surface area contributed by atoms with Gasteiger partial charge in [-0.2, -0.15) is 8.42 Å². The van der Waals surface area contributed by atoms with Gasteiger partial charge in [0.25, 0.3) is 10.0 Å². The van der Waals surface area contributed by atoms with Gasteiger partial charge in [0.1, 0.15) is 10.7 Å². The van der Waals surface area contributed by atoms with Crippen molar-refractivity contribution in [2.24, 2.45) is 10.3 Å². The van der Waals surface area contributed by atoms with E-state index in [1.54, 1.807) is 24.3 Å². The Morgan fingerprint density at radius 2 is 1.71 bits per heavy atom. The van der Waals surface area contributed by atoms with E-state index in [-0.39, 0.29) is 10.9 Å². The average molecular weight is 343 g/mol. The van der Waals surface area contributed by atoms with Gasteiger partial charge in [0.15, 0.2) is 0 Å². The third-order valence-corrected chi connectivity index (χ3v) is 5.36. The molecule has 6 heteroatoms. The Morgan fingerprint density at radius 3 is 2.42 bits per heavy atom. The summed E-state index contributed by atoms with van der Waals surface area (Å²) in [6.07, 6.45) is 0. The van der Waals surface area contributed by atoms with Crippen molar-refractivity contribution in [3.8, 4) is 0 Å². The molecule has 0 fully saturated rings. The fourth-order valence-corrected chi connectivity index (χ4v) is 4.00.